The van der Waals surface area contributed by atoms with E-state index >= 15 is 0 Å². The van der Waals surface area contributed by atoms with Gasteiger partial charge in [-0.3, -0.25) is 0 Å². The molecule has 0 aliphatic rings. The molecule has 2 N–H and O–H groups in total. The van der Waals surface area contributed by atoms with Crippen molar-refractivity contribution < 1.29 is 24.2 Å². The van der Waals surface area contributed by atoms with Crippen molar-refractivity contribution in [2.24, 2.45) is 0 Å². The molecule has 1 heterocycles. The van der Waals surface area contributed by atoms with Gasteiger partial charge in [0.1, 0.15) is 11.9 Å². The number of carboxylic acid groups (broad SMARTS) is 1. The fourth-order valence-corrected chi connectivity index (χ4v) is 1.27. The predicted octanol–water partition coefficient (Wildman–Crippen LogP) is 0.380. The van der Waals surface area contributed by atoms with E-state index in [1.165, 1.54) is 32.5 Å². The standard InChI is InChI=1S/C11H14N2O5/c1-17-6-8(10(14)15)13-9-5-7(3-4-12-9)11(16)18-2/h3-5,8H,6H2,1-2H3,(H,12,13)(H,14,15). The van der Waals surface area contributed by atoms with Gasteiger partial charge in [-0.05, 0) is 12.1 Å². The van der Waals surface area contributed by atoms with Crippen molar-refractivity contribution in [2.45, 2.75) is 6.04 Å². The molecule has 1 aromatic heterocycles. The maximum absolute atomic E-state index is 11.3. The van der Waals surface area contributed by atoms with Gasteiger partial charge in [0, 0.05) is 13.3 Å². The Kier molecular flexibility index (Phi) is 5.06. The molecule has 1 unspecified atom stereocenters. The molecule has 1 rings (SSSR count). The molecule has 0 aromatic carbocycles. The number of aromatic nitrogens is 1. The second-order valence-electron chi connectivity index (χ2n) is 3.41. The first-order chi connectivity index (χ1) is 8.58. The largest absolute Gasteiger partial charge is 0.480 e. The summed E-state index contributed by atoms with van der Waals surface area (Å²) in [5, 5.41) is 11.6. The van der Waals surface area contributed by atoms with Crippen LogP contribution < -0.4 is 5.32 Å². The van der Waals surface area contributed by atoms with Crippen LogP contribution in [-0.2, 0) is 14.3 Å². The molecular weight excluding hydrogens is 240 g/mol. The lowest BCUT2D eigenvalue weighted by molar-refractivity contribution is -0.139. The minimum absolute atomic E-state index is 0.0144. The van der Waals surface area contributed by atoms with Crippen molar-refractivity contribution >= 4 is 17.8 Å². The molecule has 7 nitrogen and oxygen atoms in total. The normalized spacial score (nSPS) is 11.7. The third-order valence-electron chi connectivity index (χ3n) is 2.13. The summed E-state index contributed by atoms with van der Waals surface area (Å²) in [7, 11) is 2.66. The van der Waals surface area contributed by atoms with Crippen molar-refractivity contribution in [3.63, 3.8) is 0 Å². The second kappa shape index (κ2) is 6.55. The summed E-state index contributed by atoms with van der Waals surface area (Å²) in [6, 6.07) is 1.95. The molecule has 0 radical (unpaired) electrons. The van der Waals surface area contributed by atoms with Gasteiger partial charge in [0.25, 0.3) is 0 Å². The van der Waals surface area contributed by atoms with Crippen molar-refractivity contribution in [3.05, 3.63) is 23.9 Å². The third kappa shape index (κ3) is 3.70. The van der Waals surface area contributed by atoms with E-state index in [1.807, 2.05) is 0 Å². The SMILES string of the molecule is COCC(Nc1cc(C(=O)OC)ccn1)C(=O)O. The zero-order valence-electron chi connectivity index (χ0n) is 10.0. The molecular formula is C11H14N2O5. The number of carbonyl (C=O) groups excluding carboxylic acids is 1. The first-order valence-corrected chi connectivity index (χ1v) is 5.11. The Morgan fingerprint density at radius 2 is 2.22 bits per heavy atom. The molecule has 0 aliphatic heterocycles. The fraction of sp³-hybridized carbons (Fsp3) is 0.364. The predicted molar refractivity (Wildman–Crippen MR) is 62.5 cm³/mol. The highest BCUT2D eigenvalue weighted by atomic mass is 16.5. The molecule has 0 spiro atoms. The van der Waals surface area contributed by atoms with Gasteiger partial charge in [0.15, 0.2) is 0 Å². The molecule has 98 valence electrons. The summed E-state index contributed by atoms with van der Waals surface area (Å²) < 4.78 is 9.33. The first kappa shape index (κ1) is 13.9. The lowest BCUT2D eigenvalue weighted by atomic mass is 10.2. The number of carboxylic acids is 1. The topological polar surface area (TPSA) is 97.8 Å². The van der Waals surface area contributed by atoms with Crippen LogP contribution >= 0.6 is 0 Å². The van der Waals surface area contributed by atoms with Gasteiger partial charge in [-0.1, -0.05) is 0 Å². The maximum atomic E-state index is 11.3. The number of anilines is 1. The number of ether oxygens (including phenoxy) is 2. The Morgan fingerprint density at radius 1 is 1.50 bits per heavy atom. The van der Waals surface area contributed by atoms with E-state index in [1.54, 1.807) is 0 Å². The molecule has 18 heavy (non-hydrogen) atoms. The Balaban J connectivity index is 2.83. The minimum atomic E-state index is -1.07. The number of nitrogens with zero attached hydrogens (tertiary/aromatic N) is 1. The fourth-order valence-electron chi connectivity index (χ4n) is 1.27. The number of pyridine rings is 1. The van der Waals surface area contributed by atoms with Crippen LogP contribution in [0.4, 0.5) is 5.82 Å². The number of aliphatic carboxylic acids is 1. The molecule has 0 amide bonds. The van der Waals surface area contributed by atoms with Crippen LogP contribution in [0.3, 0.4) is 0 Å². The Hall–Kier alpha value is -2.15. The molecule has 0 saturated heterocycles. The molecule has 0 fully saturated rings. The summed E-state index contributed by atoms with van der Waals surface area (Å²) in [4.78, 5) is 26.1. The van der Waals surface area contributed by atoms with Crippen molar-refractivity contribution in [2.75, 3.05) is 26.1 Å². The number of rotatable bonds is 6. The monoisotopic (exact) mass is 254 g/mol. The number of hydrogen-bond acceptors (Lipinski definition) is 6. The van der Waals surface area contributed by atoms with Crippen molar-refractivity contribution in [1.82, 2.24) is 4.98 Å². The lowest BCUT2D eigenvalue weighted by Crippen LogP contribution is -2.34. The van der Waals surface area contributed by atoms with E-state index in [2.05, 4.69) is 15.0 Å². The first-order valence-electron chi connectivity index (χ1n) is 5.11. The summed E-state index contributed by atoms with van der Waals surface area (Å²) in [5.41, 5.74) is 0.288. The van der Waals surface area contributed by atoms with Gasteiger partial charge in [0.2, 0.25) is 0 Å². The van der Waals surface area contributed by atoms with Crippen LogP contribution in [0.15, 0.2) is 18.3 Å². The number of hydrogen-bond donors (Lipinski definition) is 2. The average Bonchev–Trinajstić information content (AvgIpc) is 2.37. The average molecular weight is 254 g/mol. The van der Waals surface area contributed by atoms with E-state index in [0.29, 0.717) is 0 Å². The summed E-state index contributed by atoms with van der Waals surface area (Å²) in [5.74, 6) is -1.32. The maximum Gasteiger partial charge on any atom is 0.338 e. The van der Waals surface area contributed by atoms with E-state index in [-0.39, 0.29) is 18.0 Å². The van der Waals surface area contributed by atoms with Crippen LogP contribution in [-0.4, -0.2) is 48.9 Å². The highest BCUT2D eigenvalue weighted by molar-refractivity contribution is 5.90. The number of carbonyl (C=O) groups is 2. The molecule has 0 bridgehead atoms. The molecule has 0 aliphatic carbocycles. The van der Waals surface area contributed by atoms with Gasteiger partial charge in [0.05, 0.1) is 19.3 Å². The molecule has 7 heteroatoms. The van der Waals surface area contributed by atoms with Crippen LogP contribution in [0.2, 0.25) is 0 Å². The molecule has 1 atom stereocenters. The molecule has 1 aromatic rings. The van der Waals surface area contributed by atoms with Crippen molar-refractivity contribution in [1.29, 1.82) is 0 Å². The summed E-state index contributed by atoms with van der Waals surface area (Å²) >= 11 is 0. The smallest absolute Gasteiger partial charge is 0.338 e. The van der Waals surface area contributed by atoms with Gasteiger partial charge in [-0.2, -0.15) is 0 Å². The Bertz CT molecular complexity index is 435. The Morgan fingerprint density at radius 3 is 2.78 bits per heavy atom. The summed E-state index contributed by atoms with van der Waals surface area (Å²) in [6.45, 7) is -0.0144. The minimum Gasteiger partial charge on any atom is -0.480 e. The van der Waals surface area contributed by atoms with Crippen LogP contribution in [0, 0.1) is 0 Å². The van der Waals surface area contributed by atoms with Crippen molar-refractivity contribution in [3.8, 4) is 0 Å². The molecule has 0 saturated carbocycles. The van der Waals surface area contributed by atoms with Gasteiger partial charge in [-0.25, -0.2) is 14.6 Å². The van der Waals surface area contributed by atoms with Gasteiger partial charge < -0.3 is 19.9 Å². The quantitative estimate of drug-likeness (QED) is 0.708. The Labute approximate surface area is 104 Å². The third-order valence-corrected chi connectivity index (χ3v) is 2.13. The number of nitrogens with one attached hydrogen (secondary N) is 1. The van der Waals surface area contributed by atoms with E-state index < -0.39 is 18.0 Å². The summed E-state index contributed by atoms with van der Waals surface area (Å²) in [6.07, 6.45) is 1.39. The van der Waals surface area contributed by atoms with Crippen LogP contribution in [0.5, 0.6) is 0 Å². The second-order valence-corrected chi connectivity index (χ2v) is 3.41. The zero-order chi connectivity index (χ0) is 13.5. The van der Waals surface area contributed by atoms with E-state index in [9.17, 15) is 9.59 Å². The van der Waals surface area contributed by atoms with E-state index in [4.69, 9.17) is 9.84 Å². The van der Waals surface area contributed by atoms with Crippen LogP contribution in [0.25, 0.3) is 0 Å². The van der Waals surface area contributed by atoms with E-state index in [0.717, 1.165) is 0 Å². The number of methoxy groups -OCH3 is 2. The highest BCUT2D eigenvalue weighted by Crippen LogP contribution is 2.09. The zero-order valence-corrected chi connectivity index (χ0v) is 10.0. The van der Waals surface area contributed by atoms with Gasteiger partial charge in [-0.15, -0.1) is 0 Å². The van der Waals surface area contributed by atoms with Gasteiger partial charge >= 0.3 is 11.9 Å². The lowest BCUT2D eigenvalue weighted by Gasteiger charge is -2.14. The highest BCUT2D eigenvalue weighted by Gasteiger charge is 2.18. The van der Waals surface area contributed by atoms with Crippen LogP contribution in [0.1, 0.15) is 10.4 Å². The number of esters is 1.